The Morgan fingerprint density at radius 2 is 2.07 bits per heavy atom. The number of aryl methyl sites for hydroxylation is 2. The lowest BCUT2D eigenvalue weighted by Gasteiger charge is -2.10. The van der Waals surface area contributed by atoms with Crippen molar-refractivity contribution in [3.63, 3.8) is 0 Å². The van der Waals surface area contributed by atoms with Crippen LogP contribution in [-0.4, -0.2) is 16.0 Å². The first-order valence-electron chi connectivity index (χ1n) is 5.18. The second-order valence-corrected chi connectivity index (χ2v) is 3.80. The molecule has 0 saturated carbocycles. The quantitative estimate of drug-likeness (QED) is 0.792. The Kier molecular flexibility index (Phi) is 4.01. The van der Waals surface area contributed by atoms with Gasteiger partial charge in [0.25, 0.3) is 0 Å². The molecule has 78 valence electrons. The van der Waals surface area contributed by atoms with Gasteiger partial charge in [0.1, 0.15) is 5.82 Å². The third-order valence-corrected chi connectivity index (χ3v) is 2.15. The molecule has 3 nitrogen and oxygen atoms in total. The van der Waals surface area contributed by atoms with Crippen molar-refractivity contribution in [2.75, 3.05) is 0 Å². The van der Waals surface area contributed by atoms with Crippen LogP contribution in [-0.2, 0) is 6.42 Å². The molecule has 3 heteroatoms. The molecule has 14 heavy (non-hydrogen) atoms. The highest BCUT2D eigenvalue weighted by atomic mass is 14.9. The summed E-state index contributed by atoms with van der Waals surface area (Å²) in [5.74, 6) is 0.837. The van der Waals surface area contributed by atoms with Crippen molar-refractivity contribution in [1.82, 2.24) is 9.97 Å². The average Bonchev–Trinajstić information content (AvgIpc) is 2.01. The number of nitrogens with zero attached hydrogens (tertiary/aromatic N) is 2. The molecule has 0 spiro atoms. The fraction of sp³-hybridized carbons (Fsp3) is 0.636. The highest BCUT2D eigenvalue weighted by Gasteiger charge is 2.05. The van der Waals surface area contributed by atoms with E-state index in [1.54, 1.807) is 0 Å². The van der Waals surface area contributed by atoms with Crippen molar-refractivity contribution in [3.8, 4) is 0 Å². The Bertz CT molecular complexity index is 276. The summed E-state index contributed by atoms with van der Waals surface area (Å²) in [6.07, 6.45) is 3.05. The highest BCUT2D eigenvalue weighted by molar-refractivity contribution is 5.10. The summed E-state index contributed by atoms with van der Waals surface area (Å²) < 4.78 is 0. The maximum Gasteiger partial charge on any atom is 0.125 e. The molecule has 0 fully saturated rings. The van der Waals surface area contributed by atoms with Gasteiger partial charge in [-0.2, -0.15) is 0 Å². The Balaban J connectivity index is 2.66. The Morgan fingerprint density at radius 1 is 1.36 bits per heavy atom. The van der Waals surface area contributed by atoms with Gasteiger partial charge >= 0.3 is 0 Å². The maximum absolute atomic E-state index is 5.96. The third kappa shape index (κ3) is 3.42. The van der Waals surface area contributed by atoms with Crippen molar-refractivity contribution in [2.24, 2.45) is 5.73 Å². The number of hydrogen-bond acceptors (Lipinski definition) is 3. The molecule has 0 aliphatic rings. The molecule has 0 bridgehead atoms. The normalized spacial score (nSPS) is 12.9. The molecule has 1 atom stereocenters. The monoisotopic (exact) mass is 193 g/mol. The topological polar surface area (TPSA) is 51.8 Å². The number of rotatable bonds is 4. The Labute approximate surface area is 85.8 Å². The van der Waals surface area contributed by atoms with Crippen molar-refractivity contribution < 1.29 is 0 Å². The van der Waals surface area contributed by atoms with E-state index in [2.05, 4.69) is 16.9 Å². The van der Waals surface area contributed by atoms with E-state index in [0.29, 0.717) is 0 Å². The summed E-state index contributed by atoms with van der Waals surface area (Å²) in [7, 11) is 0. The zero-order valence-electron chi connectivity index (χ0n) is 9.25. The van der Waals surface area contributed by atoms with Gasteiger partial charge in [0.05, 0.1) is 0 Å². The fourth-order valence-corrected chi connectivity index (χ4v) is 1.64. The van der Waals surface area contributed by atoms with Gasteiger partial charge < -0.3 is 5.73 Å². The molecular weight excluding hydrogens is 174 g/mol. The first-order chi connectivity index (χ1) is 6.61. The first kappa shape index (κ1) is 11.1. The summed E-state index contributed by atoms with van der Waals surface area (Å²) in [5, 5.41) is 0. The van der Waals surface area contributed by atoms with Crippen molar-refractivity contribution in [2.45, 2.75) is 46.1 Å². The molecule has 0 radical (unpaired) electrons. The second-order valence-electron chi connectivity index (χ2n) is 3.80. The van der Waals surface area contributed by atoms with Gasteiger partial charge in [-0.15, -0.1) is 0 Å². The average molecular weight is 193 g/mol. The van der Waals surface area contributed by atoms with E-state index in [-0.39, 0.29) is 6.04 Å². The minimum atomic E-state index is 0.230. The SMILES string of the molecule is CCCC(N)Cc1cc(C)nc(C)n1. The van der Waals surface area contributed by atoms with Gasteiger partial charge in [-0.05, 0) is 26.3 Å². The van der Waals surface area contributed by atoms with Gasteiger partial charge in [0.15, 0.2) is 0 Å². The largest absolute Gasteiger partial charge is 0.327 e. The fourth-order valence-electron chi connectivity index (χ4n) is 1.64. The Morgan fingerprint density at radius 3 is 2.64 bits per heavy atom. The Hall–Kier alpha value is -0.960. The van der Waals surface area contributed by atoms with Crippen LogP contribution in [0.1, 0.15) is 37.0 Å². The standard InChI is InChI=1S/C11H19N3/c1-4-5-10(12)7-11-6-8(2)13-9(3)14-11/h6,10H,4-5,7,12H2,1-3H3. The van der Waals surface area contributed by atoms with E-state index < -0.39 is 0 Å². The van der Waals surface area contributed by atoms with Crippen molar-refractivity contribution >= 4 is 0 Å². The third-order valence-electron chi connectivity index (χ3n) is 2.15. The van der Waals surface area contributed by atoms with Crippen molar-refractivity contribution in [3.05, 3.63) is 23.3 Å². The molecule has 1 rings (SSSR count). The van der Waals surface area contributed by atoms with Crippen LogP contribution in [0.15, 0.2) is 6.07 Å². The lowest BCUT2D eigenvalue weighted by atomic mass is 10.1. The van der Waals surface area contributed by atoms with Crippen LogP contribution in [0.5, 0.6) is 0 Å². The molecular formula is C11H19N3. The zero-order chi connectivity index (χ0) is 10.6. The molecule has 1 heterocycles. The summed E-state index contributed by atoms with van der Waals surface area (Å²) in [4.78, 5) is 8.60. The zero-order valence-corrected chi connectivity index (χ0v) is 9.25. The highest BCUT2D eigenvalue weighted by Crippen LogP contribution is 2.05. The lowest BCUT2D eigenvalue weighted by Crippen LogP contribution is -2.23. The lowest BCUT2D eigenvalue weighted by molar-refractivity contribution is 0.591. The molecule has 0 aromatic carbocycles. The van der Waals surface area contributed by atoms with Crippen LogP contribution < -0.4 is 5.73 Å². The van der Waals surface area contributed by atoms with E-state index in [1.807, 2.05) is 19.9 Å². The minimum absolute atomic E-state index is 0.230. The van der Waals surface area contributed by atoms with E-state index in [9.17, 15) is 0 Å². The van der Waals surface area contributed by atoms with Gasteiger partial charge in [-0.1, -0.05) is 13.3 Å². The van der Waals surface area contributed by atoms with E-state index in [0.717, 1.165) is 36.5 Å². The second kappa shape index (κ2) is 5.05. The molecule has 1 unspecified atom stereocenters. The van der Waals surface area contributed by atoms with Crippen molar-refractivity contribution in [1.29, 1.82) is 0 Å². The molecule has 0 aliphatic heterocycles. The van der Waals surface area contributed by atoms with Crippen LogP contribution in [0.4, 0.5) is 0 Å². The molecule has 1 aromatic heterocycles. The summed E-state index contributed by atoms with van der Waals surface area (Å²) in [6.45, 7) is 6.06. The number of hydrogen-bond donors (Lipinski definition) is 1. The summed E-state index contributed by atoms with van der Waals surface area (Å²) in [5.41, 5.74) is 8.05. The van der Waals surface area contributed by atoms with Crippen LogP contribution in [0.2, 0.25) is 0 Å². The molecule has 0 aliphatic carbocycles. The first-order valence-corrected chi connectivity index (χ1v) is 5.18. The minimum Gasteiger partial charge on any atom is -0.327 e. The van der Waals surface area contributed by atoms with Gasteiger partial charge in [-0.3, -0.25) is 0 Å². The van der Waals surface area contributed by atoms with Crippen LogP contribution in [0.3, 0.4) is 0 Å². The van der Waals surface area contributed by atoms with E-state index >= 15 is 0 Å². The van der Waals surface area contributed by atoms with E-state index in [1.165, 1.54) is 0 Å². The van der Waals surface area contributed by atoms with Gasteiger partial charge in [-0.25, -0.2) is 9.97 Å². The number of aromatic nitrogens is 2. The van der Waals surface area contributed by atoms with Crippen LogP contribution in [0.25, 0.3) is 0 Å². The molecule has 2 N–H and O–H groups in total. The van der Waals surface area contributed by atoms with E-state index in [4.69, 9.17) is 5.73 Å². The molecule has 0 saturated heterocycles. The predicted octanol–water partition coefficient (Wildman–Crippen LogP) is 1.76. The van der Waals surface area contributed by atoms with Crippen LogP contribution in [0, 0.1) is 13.8 Å². The van der Waals surface area contributed by atoms with Gasteiger partial charge in [0, 0.05) is 23.9 Å². The van der Waals surface area contributed by atoms with Crippen LogP contribution >= 0.6 is 0 Å². The smallest absolute Gasteiger partial charge is 0.125 e. The predicted molar refractivity (Wildman–Crippen MR) is 58.1 cm³/mol. The number of nitrogens with two attached hydrogens (primary N) is 1. The maximum atomic E-state index is 5.96. The summed E-state index contributed by atoms with van der Waals surface area (Å²) in [6, 6.07) is 2.25. The molecule has 0 amide bonds. The van der Waals surface area contributed by atoms with Gasteiger partial charge in [0.2, 0.25) is 0 Å². The summed E-state index contributed by atoms with van der Waals surface area (Å²) >= 11 is 0. The molecule has 1 aromatic rings.